The number of anilines is 1. The first-order valence-corrected chi connectivity index (χ1v) is 6.66. The lowest BCUT2D eigenvalue weighted by molar-refractivity contribution is 0.188. The molecule has 0 aromatic heterocycles. The Hall–Kier alpha value is -0.900. The molecule has 1 fully saturated rings. The summed E-state index contributed by atoms with van der Waals surface area (Å²) < 4.78 is 0. The number of halogens is 2. The highest BCUT2D eigenvalue weighted by molar-refractivity contribution is 6.42. The van der Waals surface area contributed by atoms with E-state index in [9.17, 15) is 0 Å². The summed E-state index contributed by atoms with van der Waals surface area (Å²) in [4.78, 5) is 4.55. The molecule has 0 amide bonds. The van der Waals surface area contributed by atoms with E-state index in [-0.39, 0.29) is 0 Å². The second-order valence-electron chi connectivity index (χ2n) is 4.49. The Morgan fingerprint density at radius 1 is 1.17 bits per heavy atom. The van der Waals surface area contributed by atoms with Crippen molar-refractivity contribution in [3.8, 4) is 0 Å². The van der Waals surface area contributed by atoms with Crippen LogP contribution in [0.1, 0.15) is 0 Å². The Labute approximate surface area is 118 Å². The van der Waals surface area contributed by atoms with Crippen molar-refractivity contribution in [1.82, 2.24) is 9.80 Å². The third-order valence-electron chi connectivity index (χ3n) is 3.09. The highest BCUT2D eigenvalue weighted by Gasteiger charge is 2.15. The molecule has 3 nitrogen and oxygen atoms in total. The van der Waals surface area contributed by atoms with Crippen molar-refractivity contribution in [1.29, 1.82) is 0 Å². The van der Waals surface area contributed by atoms with Crippen LogP contribution in [-0.2, 0) is 0 Å². The molecule has 98 valence electrons. The van der Waals surface area contributed by atoms with E-state index in [1.165, 1.54) is 0 Å². The summed E-state index contributed by atoms with van der Waals surface area (Å²) in [6.07, 6.45) is 0. The van der Waals surface area contributed by atoms with Gasteiger partial charge in [-0.25, -0.2) is 0 Å². The number of hydrogen-bond acceptors (Lipinski definition) is 3. The molecule has 18 heavy (non-hydrogen) atoms. The number of piperazine rings is 1. The predicted octanol–water partition coefficient (Wildman–Crippen LogP) is 3.12. The smallest absolute Gasteiger partial charge is 0.0984 e. The maximum atomic E-state index is 5.98. The molecule has 2 rings (SSSR count). The first-order valence-electron chi connectivity index (χ1n) is 5.91. The summed E-state index contributed by atoms with van der Waals surface area (Å²) in [7, 11) is 2.13. The standard InChI is InChI=1S/C13H17Cl2N3/c1-10(18-7-5-17(2)6-8-18)16-11-3-4-12(14)13(15)9-11/h3-4,9,16H,1,5-8H2,2H3. The number of likely N-dealkylation sites (N-methyl/N-ethyl adjacent to an activating group) is 1. The van der Waals surface area contributed by atoms with Gasteiger partial charge >= 0.3 is 0 Å². The maximum absolute atomic E-state index is 5.98. The fourth-order valence-electron chi connectivity index (χ4n) is 1.90. The quantitative estimate of drug-likeness (QED) is 0.921. The number of rotatable bonds is 3. The monoisotopic (exact) mass is 285 g/mol. The Morgan fingerprint density at radius 2 is 1.83 bits per heavy atom. The van der Waals surface area contributed by atoms with Gasteiger partial charge in [0.1, 0.15) is 0 Å². The van der Waals surface area contributed by atoms with Crippen LogP contribution in [0.25, 0.3) is 0 Å². The zero-order valence-corrected chi connectivity index (χ0v) is 11.9. The van der Waals surface area contributed by atoms with Crippen LogP contribution in [0.5, 0.6) is 0 Å². The summed E-state index contributed by atoms with van der Waals surface area (Å²) in [5.41, 5.74) is 0.910. The molecule has 0 spiro atoms. The maximum Gasteiger partial charge on any atom is 0.0984 e. The number of hydrogen-bond donors (Lipinski definition) is 1. The van der Waals surface area contributed by atoms with E-state index in [1.54, 1.807) is 6.07 Å². The number of benzene rings is 1. The third-order valence-corrected chi connectivity index (χ3v) is 3.83. The molecule has 0 radical (unpaired) electrons. The van der Waals surface area contributed by atoms with Crippen LogP contribution in [0.3, 0.4) is 0 Å². The summed E-state index contributed by atoms with van der Waals surface area (Å²) in [6.45, 7) is 8.17. The van der Waals surface area contributed by atoms with Gasteiger partial charge in [0.25, 0.3) is 0 Å². The molecule has 1 aliphatic heterocycles. The second kappa shape index (κ2) is 5.83. The summed E-state index contributed by atoms with van der Waals surface area (Å²) in [6, 6.07) is 5.49. The van der Waals surface area contributed by atoms with Crippen LogP contribution in [0.2, 0.25) is 10.0 Å². The lowest BCUT2D eigenvalue weighted by Gasteiger charge is -2.35. The molecule has 0 aliphatic carbocycles. The van der Waals surface area contributed by atoms with Crippen molar-refractivity contribution in [2.75, 3.05) is 38.5 Å². The fraction of sp³-hybridized carbons (Fsp3) is 0.385. The van der Waals surface area contributed by atoms with Crippen molar-refractivity contribution in [2.45, 2.75) is 0 Å². The normalized spacial score (nSPS) is 16.7. The predicted molar refractivity (Wildman–Crippen MR) is 78.3 cm³/mol. The lowest BCUT2D eigenvalue weighted by atomic mass is 10.3. The summed E-state index contributed by atoms with van der Waals surface area (Å²) in [5.74, 6) is 0.904. The van der Waals surface area contributed by atoms with Gasteiger partial charge in [-0.15, -0.1) is 0 Å². The number of nitrogens with zero attached hydrogens (tertiary/aromatic N) is 2. The molecule has 1 saturated heterocycles. The second-order valence-corrected chi connectivity index (χ2v) is 5.31. The minimum Gasteiger partial charge on any atom is -0.356 e. The fourth-order valence-corrected chi connectivity index (χ4v) is 2.19. The van der Waals surface area contributed by atoms with Gasteiger partial charge in [-0.2, -0.15) is 0 Å². The molecule has 1 aromatic carbocycles. The van der Waals surface area contributed by atoms with Crippen LogP contribution in [0.4, 0.5) is 5.69 Å². The molecule has 1 heterocycles. The zero-order valence-electron chi connectivity index (χ0n) is 10.4. The molecule has 0 unspecified atom stereocenters. The van der Waals surface area contributed by atoms with Gasteiger partial charge in [-0.3, -0.25) is 0 Å². The zero-order chi connectivity index (χ0) is 13.1. The van der Waals surface area contributed by atoms with Gasteiger partial charge < -0.3 is 15.1 Å². The van der Waals surface area contributed by atoms with E-state index in [1.807, 2.05) is 12.1 Å². The minimum absolute atomic E-state index is 0.549. The van der Waals surface area contributed by atoms with Crippen LogP contribution in [-0.4, -0.2) is 43.0 Å². The molecule has 0 atom stereocenters. The van der Waals surface area contributed by atoms with Crippen LogP contribution >= 0.6 is 23.2 Å². The van der Waals surface area contributed by atoms with Gasteiger partial charge in [-0.1, -0.05) is 29.8 Å². The molecule has 1 aliphatic rings. The Bertz CT molecular complexity index is 440. The van der Waals surface area contributed by atoms with Crippen LogP contribution in [0, 0.1) is 0 Å². The molecular formula is C13H17Cl2N3. The third kappa shape index (κ3) is 3.31. The van der Waals surface area contributed by atoms with E-state index in [4.69, 9.17) is 23.2 Å². The van der Waals surface area contributed by atoms with Crippen LogP contribution in [0.15, 0.2) is 30.6 Å². The average molecular weight is 286 g/mol. The number of nitrogens with one attached hydrogen (secondary N) is 1. The molecule has 5 heteroatoms. The van der Waals surface area contributed by atoms with Gasteiger partial charge in [0, 0.05) is 31.9 Å². The van der Waals surface area contributed by atoms with Crippen LogP contribution < -0.4 is 5.32 Å². The topological polar surface area (TPSA) is 18.5 Å². The Morgan fingerprint density at radius 3 is 2.44 bits per heavy atom. The minimum atomic E-state index is 0.549. The lowest BCUT2D eigenvalue weighted by Crippen LogP contribution is -2.44. The van der Waals surface area contributed by atoms with E-state index in [0.717, 1.165) is 37.7 Å². The molecular weight excluding hydrogens is 269 g/mol. The largest absolute Gasteiger partial charge is 0.356 e. The van der Waals surface area contributed by atoms with Gasteiger partial charge in [0.2, 0.25) is 0 Å². The summed E-state index contributed by atoms with van der Waals surface area (Å²) >= 11 is 11.9. The van der Waals surface area contributed by atoms with Crippen molar-refractivity contribution < 1.29 is 0 Å². The molecule has 0 saturated carbocycles. The highest BCUT2D eigenvalue weighted by atomic mass is 35.5. The first kappa shape index (κ1) is 13.5. The van der Waals surface area contributed by atoms with Crippen molar-refractivity contribution in [3.05, 3.63) is 40.6 Å². The van der Waals surface area contributed by atoms with Gasteiger partial charge in [-0.05, 0) is 25.2 Å². The molecule has 1 aromatic rings. The van der Waals surface area contributed by atoms with E-state index in [0.29, 0.717) is 10.0 Å². The molecule has 0 bridgehead atoms. The Balaban J connectivity index is 1.96. The highest BCUT2D eigenvalue weighted by Crippen LogP contribution is 2.25. The van der Waals surface area contributed by atoms with E-state index < -0.39 is 0 Å². The van der Waals surface area contributed by atoms with E-state index >= 15 is 0 Å². The SMILES string of the molecule is C=C(Nc1ccc(Cl)c(Cl)c1)N1CCN(C)CC1. The molecule has 1 N–H and O–H groups in total. The summed E-state index contributed by atoms with van der Waals surface area (Å²) in [5, 5.41) is 4.38. The first-order chi connectivity index (χ1) is 8.56. The van der Waals surface area contributed by atoms with E-state index in [2.05, 4.69) is 28.7 Å². The van der Waals surface area contributed by atoms with Gasteiger partial charge in [0.05, 0.1) is 15.9 Å². The van der Waals surface area contributed by atoms with Crippen molar-refractivity contribution >= 4 is 28.9 Å². The van der Waals surface area contributed by atoms with Gasteiger partial charge in [0.15, 0.2) is 0 Å². The Kier molecular flexibility index (Phi) is 4.38. The van der Waals surface area contributed by atoms with Crippen molar-refractivity contribution in [3.63, 3.8) is 0 Å². The van der Waals surface area contributed by atoms with Crippen molar-refractivity contribution in [2.24, 2.45) is 0 Å². The average Bonchev–Trinajstić information content (AvgIpc) is 2.34.